The molecular weight excluding hydrogens is 236 g/mol. The van der Waals surface area contributed by atoms with Gasteiger partial charge >= 0.3 is 0 Å². The van der Waals surface area contributed by atoms with Crippen molar-refractivity contribution >= 4 is 0 Å². The third-order valence-electron chi connectivity index (χ3n) is 2.97. The van der Waals surface area contributed by atoms with Crippen molar-refractivity contribution in [2.45, 2.75) is 25.9 Å². The molecule has 2 atom stereocenters. The summed E-state index contributed by atoms with van der Waals surface area (Å²) in [7, 11) is 0. The van der Waals surface area contributed by atoms with Crippen LogP contribution in [0, 0.1) is 11.6 Å². The summed E-state index contributed by atoms with van der Waals surface area (Å²) in [5.74, 6) is -0.841. The molecule has 18 heavy (non-hydrogen) atoms. The minimum absolute atomic E-state index is 0.00131. The molecule has 0 fully saturated rings. The number of halogens is 2. The summed E-state index contributed by atoms with van der Waals surface area (Å²) in [6, 6.07) is 5.03. The maximum absolute atomic E-state index is 13.6. The molecule has 2 unspecified atom stereocenters. The summed E-state index contributed by atoms with van der Waals surface area (Å²) in [6.45, 7) is 3.74. The summed E-state index contributed by atoms with van der Waals surface area (Å²) in [5.41, 5.74) is 1.30. The molecule has 0 aliphatic carbocycles. The lowest BCUT2D eigenvalue weighted by Crippen LogP contribution is -2.23. The zero-order valence-electron chi connectivity index (χ0n) is 10.3. The molecule has 1 aromatic carbocycles. The fourth-order valence-electron chi connectivity index (χ4n) is 1.93. The first-order valence-electron chi connectivity index (χ1n) is 5.81. The van der Waals surface area contributed by atoms with Gasteiger partial charge in [0.1, 0.15) is 11.6 Å². The first-order chi connectivity index (χ1) is 8.58. The van der Waals surface area contributed by atoms with Crippen LogP contribution in [0.25, 0.3) is 0 Å². The molecule has 1 aromatic heterocycles. The van der Waals surface area contributed by atoms with Gasteiger partial charge in [-0.05, 0) is 38.1 Å². The monoisotopic (exact) mass is 251 g/mol. The van der Waals surface area contributed by atoms with Crippen molar-refractivity contribution in [1.82, 2.24) is 5.32 Å². The minimum Gasteiger partial charge on any atom is -0.472 e. The Kier molecular flexibility index (Phi) is 3.77. The van der Waals surface area contributed by atoms with Crippen molar-refractivity contribution in [2.75, 3.05) is 0 Å². The van der Waals surface area contributed by atoms with Crippen molar-refractivity contribution < 1.29 is 13.2 Å². The third-order valence-corrected chi connectivity index (χ3v) is 2.97. The van der Waals surface area contributed by atoms with E-state index in [1.54, 1.807) is 19.5 Å². The van der Waals surface area contributed by atoms with Gasteiger partial charge in [-0.2, -0.15) is 0 Å². The van der Waals surface area contributed by atoms with Crippen molar-refractivity contribution in [3.8, 4) is 0 Å². The first-order valence-corrected chi connectivity index (χ1v) is 5.81. The topological polar surface area (TPSA) is 25.2 Å². The van der Waals surface area contributed by atoms with E-state index in [0.717, 1.165) is 17.7 Å². The maximum atomic E-state index is 13.6. The second-order valence-corrected chi connectivity index (χ2v) is 4.33. The van der Waals surface area contributed by atoms with E-state index in [1.807, 2.05) is 13.0 Å². The van der Waals surface area contributed by atoms with E-state index in [0.29, 0.717) is 5.56 Å². The normalized spacial score (nSPS) is 14.4. The molecule has 0 amide bonds. The van der Waals surface area contributed by atoms with E-state index >= 15 is 0 Å². The van der Waals surface area contributed by atoms with E-state index in [1.165, 1.54) is 6.07 Å². The van der Waals surface area contributed by atoms with Crippen LogP contribution < -0.4 is 5.32 Å². The summed E-state index contributed by atoms with van der Waals surface area (Å²) < 4.78 is 31.7. The van der Waals surface area contributed by atoms with Gasteiger partial charge in [0.25, 0.3) is 0 Å². The fraction of sp³-hybridized carbons (Fsp3) is 0.286. The Balaban J connectivity index is 2.12. The number of benzene rings is 1. The standard InChI is InChI=1S/C14H15F2NO/c1-9(11-5-6-18-8-11)17-10(2)13-7-12(15)3-4-14(13)16/h3-10,17H,1-2H3. The van der Waals surface area contributed by atoms with Gasteiger partial charge in [-0.25, -0.2) is 8.78 Å². The van der Waals surface area contributed by atoms with Crippen LogP contribution in [0.3, 0.4) is 0 Å². The molecule has 0 radical (unpaired) electrons. The molecule has 0 aliphatic heterocycles. The SMILES string of the molecule is CC(NC(C)c1cc(F)ccc1F)c1ccoc1. The Morgan fingerprint density at radius 3 is 2.56 bits per heavy atom. The number of hydrogen-bond acceptors (Lipinski definition) is 2. The average molecular weight is 251 g/mol. The molecule has 0 saturated heterocycles. The highest BCUT2D eigenvalue weighted by atomic mass is 19.1. The van der Waals surface area contributed by atoms with Crippen LogP contribution in [-0.4, -0.2) is 0 Å². The molecule has 96 valence electrons. The smallest absolute Gasteiger partial charge is 0.128 e. The number of hydrogen-bond donors (Lipinski definition) is 1. The highest BCUT2D eigenvalue weighted by molar-refractivity contribution is 5.22. The van der Waals surface area contributed by atoms with Crippen molar-refractivity contribution in [3.63, 3.8) is 0 Å². The Bertz CT molecular complexity index is 511. The largest absolute Gasteiger partial charge is 0.472 e. The lowest BCUT2D eigenvalue weighted by Gasteiger charge is -2.20. The molecule has 1 heterocycles. The van der Waals surface area contributed by atoms with Gasteiger partial charge in [0.15, 0.2) is 0 Å². The van der Waals surface area contributed by atoms with Crippen LogP contribution >= 0.6 is 0 Å². The van der Waals surface area contributed by atoms with E-state index < -0.39 is 11.6 Å². The second kappa shape index (κ2) is 5.31. The Labute approximate surface area is 105 Å². The first kappa shape index (κ1) is 12.8. The fourth-order valence-corrected chi connectivity index (χ4v) is 1.93. The van der Waals surface area contributed by atoms with Crippen LogP contribution in [0.15, 0.2) is 41.2 Å². The van der Waals surface area contributed by atoms with Crippen LogP contribution in [0.1, 0.15) is 37.1 Å². The number of rotatable bonds is 4. The van der Waals surface area contributed by atoms with Crippen molar-refractivity contribution in [2.24, 2.45) is 0 Å². The highest BCUT2D eigenvalue weighted by Crippen LogP contribution is 2.22. The van der Waals surface area contributed by atoms with Gasteiger partial charge in [-0.3, -0.25) is 0 Å². The Morgan fingerprint density at radius 2 is 1.89 bits per heavy atom. The summed E-state index contributed by atoms with van der Waals surface area (Å²) in [6.07, 6.45) is 3.22. The maximum Gasteiger partial charge on any atom is 0.128 e. The molecule has 2 aromatic rings. The zero-order chi connectivity index (χ0) is 13.1. The molecular formula is C14H15F2NO. The van der Waals surface area contributed by atoms with Crippen LogP contribution in [-0.2, 0) is 0 Å². The molecule has 0 aliphatic rings. The van der Waals surface area contributed by atoms with Crippen LogP contribution in [0.5, 0.6) is 0 Å². The summed E-state index contributed by atoms with van der Waals surface area (Å²) in [4.78, 5) is 0. The quantitative estimate of drug-likeness (QED) is 0.889. The number of furan rings is 1. The van der Waals surface area contributed by atoms with Gasteiger partial charge in [-0.1, -0.05) is 0 Å². The molecule has 4 heteroatoms. The van der Waals surface area contributed by atoms with Gasteiger partial charge in [-0.15, -0.1) is 0 Å². The van der Waals surface area contributed by atoms with Gasteiger partial charge in [0.05, 0.1) is 12.5 Å². The number of nitrogens with one attached hydrogen (secondary N) is 1. The lowest BCUT2D eigenvalue weighted by molar-refractivity contribution is 0.465. The molecule has 0 bridgehead atoms. The Morgan fingerprint density at radius 1 is 1.11 bits per heavy atom. The van der Waals surface area contributed by atoms with Gasteiger partial charge in [0, 0.05) is 23.2 Å². The average Bonchev–Trinajstić information content (AvgIpc) is 2.85. The van der Waals surface area contributed by atoms with E-state index in [2.05, 4.69) is 5.32 Å². The predicted molar refractivity (Wildman–Crippen MR) is 65.0 cm³/mol. The van der Waals surface area contributed by atoms with E-state index in [-0.39, 0.29) is 12.1 Å². The third kappa shape index (κ3) is 2.76. The van der Waals surface area contributed by atoms with Crippen LogP contribution in [0.2, 0.25) is 0 Å². The Hall–Kier alpha value is -1.68. The van der Waals surface area contributed by atoms with Crippen LogP contribution in [0.4, 0.5) is 8.78 Å². The zero-order valence-corrected chi connectivity index (χ0v) is 10.3. The molecule has 0 spiro atoms. The highest BCUT2D eigenvalue weighted by Gasteiger charge is 2.15. The van der Waals surface area contributed by atoms with Crippen molar-refractivity contribution in [3.05, 3.63) is 59.6 Å². The van der Waals surface area contributed by atoms with Gasteiger partial charge < -0.3 is 9.73 Å². The van der Waals surface area contributed by atoms with E-state index in [4.69, 9.17) is 4.42 Å². The molecule has 0 saturated carbocycles. The molecule has 1 N–H and O–H groups in total. The summed E-state index contributed by atoms with van der Waals surface area (Å²) >= 11 is 0. The van der Waals surface area contributed by atoms with Crippen molar-refractivity contribution in [1.29, 1.82) is 0 Å². The molecule has 2 rings (SSSR count). The molecule has 2 nitrogen and oxygen atoms in total. The van der Waals surface area contributed by atoms with E-state index in [9.17, 15) is 8.78 Å². The predicted octanol–water partition coefficient (Wildman–Crippen LogP) is 3.97. The second-order valence-electron chi connectivity index (χ2n) is 4.33. The minimum atomic E-state index is -0.434. The van der Waals surface area contributed by atoms with Gasteiger partial charge in [0.2, 0.25) is 0 Å². The summed E-state index contributed by atoms with van der Waals surface area (Å²) in [5, 5.41) is 3.20. The lowest BCUT2D eigenvalue weighted by atomic mass is 10.1.